The van der Waals surface area contributed by atoms with Gasteiger partial charge in [-0.05, 0) is 43.3 Å². The Morgan fingerprint density at radius 3 is 2.26 bits per heavy atom. The molecule has 148 valence electrons. The molecule has 6 rings (SSSR count). The monoisotopic (exact) mass is 416 g/mol. The van der Waals surface area contributed by atoms with Crippen LogP contribution in [0.2, 0.25) is 0 Å². The first-order chi connectivity index (χ1) is 15.3. The molecule has 0 fully saturated rings. The van der Waals surface area contributed by atoms with Gasteiger partial charge in [-0.15, -0.1) is 17.9 Å². The van der Waals surface area contributed by atoms with Gasteiger partial charge in [-0.25, -0.2) is 0 Å². The third kappa shape index (κ3) is 2.92. The summed E-state index contributed by atoms with van der Waals surface area (Å²) in [6.45, 7) is 5.25. The summed E-state index contributed by atoms with van der Waals surface area (Å²) in [4.78, 5) is 0. The second-order valence-electron chi connectivity index (χ2n) is 7.32. The lowest BCUT2D eigenvalue weighted by molar-refractivity contribution is 1.17. The van der Waals surface area contributed by atoms with Crippen LogP contribution >= 0.6 is 11.3 Å². The zero-order valence-electron chi connectivity index (χ0n) is 17.2. The maximum Gasteiger partial charge on any atom is 0.101 e. The van der Waals surface area contributed by atoms with E-state index in [1.807, 2.05) is 42.5 Å². The van der Waals surface area contributed by atoms with Gasteiger partial charge in [-0.3, -0.25) is 0 Å². The predicted octanol–water partition coefficient (Wildman–Crippen LogP) is 8.22. The zero-order chi connectivity index (χ0) is 21.4. The van der Waals surface area contributed by atoms with Gasteiger partial charge in [0.25, 0.3) is 0 Å². The van der Waals surface area contributed by atoms with Gasteiger partial charge in [-0.1, -0.05) is 54.6 Å². The number of allylic oxidation sites excluding steroid dienone is 1. The molecule has 0 aliphatic carbocycles. The lowest BCUT2D eigenvalue weighted by Crippen LogP contribution is -1.96. The van der Waals surface area contributed by atoms with E-state index in [0.29, 0.717) is 5.56 Å². The van der Waals surface area contributed by atoms with Crippen LogP contribution < -0.4 is 0 Å². The molecule has 2 nitrogen and oxygen atoms in total. The van der Waals surface area contributed by atoms with Gasteiger partial charge in [-0.2, -0.15) is 5.26 Å². The molecule has 0 saturated carbocycles. The topological polar surface area (TPSA) is 28.7 Å². The zero-order valence-corrected chi connectivity index (χ0v) is 18.0. The van der Waals surface area contributed by atoms with Crippen molar-refractivity contribution in [3.8, 4) is 11.8 Å². The number of aromatic nitrogens is 1. The summed E-state index contributed by atoms with van der Waals surface area (Å²) in [5.74, 6) is 0. The summed E-state index contributed by atoms with van der Waals surface area (Å²) < 4.78 is 4.83. The van der Waals surface area contributed by atoms with Crippen LogP contribution in [0.5, 0.6) is 0 Å². The lowest BCUT2D eigenvalue weighted by Gasteiger charge is -2.09. The Labute approximate surface area is 184 Å². The van der Waals surface area contributed by atoms with Crippen LogP contribution in [0.1, 0.15) is 12.5 Å². The first-order valence-electron chi connectivity index (χ1n) is 10.2. The molecule has 0 N–H and O–H groups in total. The van der Waals surface area contributed by atoms with Crippen LogP contribution in [0.3, 0.4) is 0 Å². The summed E-state index contributed by atoms with van der Waals surface area (Å²) in [5.41, 5.74) is 3.87. The molecule has 0 aliphatic rings. The van der Waals surface area contributed by atoms with Crippen molar-refractivity contribution in [1.29, 1.82) is 5.26 Å². The van der Waals surface area contributed by atoms with Gasteiger partial charge in [0.15, 0.2) is 0 Å². The van der Waals surface area contributed by atoms with E-state index >= 15 is 0 Å². The van der Waals surface area contributed by atoms with Crippen LogP contribution in [-0.4, -0.2) is 4.57 Å². The van der Waals surface area contributed by atoms with Crippen molar-refractivity contribution < 1.29 is 0 Å². The molecule has 2 heterocycles. The minimum atomic E-state index is 0.681. The fourth-order valence-electron chi connectivity index (χ4n) is 4.30. The Bertz CT molecular complexity index is 1630. The normalized spacial score (nSPS) is 10.8. The van der Waals surface area contributed by atoms with Crippen molar-refractivity contribution in [1.82, 2.24) is 4.57 Å². The van der Waals surface area contributed by atoms with Crippen LogP contribution in [-0.2, 0) is 0 Å². The highest BCUT2D eigenvalue weighted by atomic mass is 32.1. The van der Waals surface area contributed by atoms with E-state index in [9.17, 15) is 5.26 Å². The smallest absolute Gasteiger partial charge is 0.101 e. The summed E-state index contributed by atoms with van der Waals surface area (Å²) in [6.07, 6.45) is 1.75. The highest BCUT2D eigenvalue weighted by Gasteiger charge is 2.18. The van der Waals surface area contributed by atoms with Crippen molar-refractivity contribution >= 4 is 53.3 Å². The number of thiophene rings is 1. The molecule has 0 bridgehead atoms. The number of fused-ring (bicyclic) bond motifs is 7. The first kappa shape index (κ1) is 19.1. The molecular weight excluding hydrogens is 396 g/mol. The number of hydrogen-bond acceptors (Lipinski definition) is 2. The van der Waals surface area contributed by atoms with Crippen molar-refractivity contribution in [3.63, 3.8) is 0 Å². The molecule has 4 aromatic carbocycles. The van der Waals surface area contributed by atoms with E-state index in [0.717, 1.165) is 16.7 Å². The molecule has 0 spiro atoms. The summed E-state index contributed by atoms with van der Waals surface area (Å²) in [7, 11) is 0. The standard InChI is InChI=1S/C25H14N2S.C3H6/c26-15-16-7-1-4-10-19(16)27-20-11-5-2-8-17(20)24-21(27)13-14-23-25(24)18-9-3-6-12-22(18)28-23;1-3-2/h1-14H;3H,1H2,2H3. The largest absolute Gasteiger partial charge is 0.308 e. The van der Waals surface area contributed by atoms with Crippen molar-refractivity contribution in [2.24, 2.45) is 0 Å². The van der Waals surface area contributed by atoms with Gasteiger partial charge in [0, 0.05) is 30.9 Å². The second kappa shape index (κ2) is 7.75. The van der Waals surface area contributed by atoms with Crippen LogP contribution in [0, 0.1) is 11.3 Å². The predicted molar refractivity (Wildman–Crippen MR) is 134 cm³/mol. The highest BCUT2D eigenvalue weighted by Crippen LogP contribution is 2.43. The second-order valence-corrected chi connectivity index (χ2v) is 8.40. The molecule has 0 unspecified atom stereocenters. The Balaban J connectivity index is 0.000000646. The van der Waals surface area contributed by atoms with E-state index in [1.54, 1.807) is 6.08 Å². The number of rotatable bonds is 1. The van der Waals surface area contributed by atoms with E-state index in [4.69, 9.17) is 0 Å². The van der Waals surface area contributed by atoms with E-state index in [1.165, 1.54) is 30.9 Å². The number of para-hydroxylation sites is 2. The molecule has 0 atom stereocenters. The third-order valence-electron chi connectivity index (χ3n) is 5.44. The number of nitriles is 1. The number of hydrogen-bond donors (Lipinski definition) is 0. The van der Waals surface area contributed by atoms with Crippen molar-refractivity contribution in [3.05, 3.63) is 103 Å². The average Bonchev–Trinajstić information content (AvgIpc) is 3.35. The lowest BCUT2D eigenvalue weighted by atomic mass is 10.1. The van der Waals surface area contributed by atoms with E-state index < -0.39 is 0 Å². The number of nitrogens with zero attached hydrogens (tertiary/aromatic N) is 2. The summed E-state index contributed by atoms with van der Waals surface area (Å²) >= 11 is 1.84. The molecule has 3 heteroatoms. The quantitative estimate of drug-likeness (QED) is 0.248. The Morgan fingerprint density at radius 1 is 0.774 bits per heavy atom. The first-order valence-corrected chi connectivity index (χ1v) is 11.0. The fourth-order valence-corrected chi connectivity index (χ4v) is 5.41. The third-order valence-corrected chi connectivity index (χ3v) is 6.58. The van der Waals surface area contributed by atoms with Gasteiger partial charge in [0.1, 0.15) is 6.07 Å². The molecule has 6 aromatic rings. The Morgan fingerprint density at radius 2 is 1.45 bits per heavy atom. The van der Waals surface area contributed by atoms with Gasteiger partial charge in [0.05, 0.1) is 22.3 Å². The van der Waals surface area contributed by atoms with Crippen LogP contribution in [0.15, 0.2) is 97.6 Å². The minimum Gasteiger partial charge on any atom is -0.308 e. The van der Waals surface area contributed by atoms with E-state index in [-0.39, 0.29) is 0 Å². The highest BCUT2D eigenvalue weighted by molar-refractivity contribution is 7.26. The maximum absolute atomic E-state index is 9.68. The van der Waals surface area contributed by atoms with Crippen LogP contribution in [0.25, 0.3) is 47.7 Å². The summed E-state index contributed by atoms with van der Waals surface area (Å²) in [6, 6.07) is 31.7. The average molecular weight is 417 g/mol. The molecule has 2 aromatic heterocycles. The van der Waals surface area contributed by atoms with Crippen LogP contribution in [0.4, 0.5) is 0 Å². The molecule has 0 amide bonds. The number of benzene rings is 4. The Kier molecular flexibility index (Phi) is 4.78. The fraction of sp³-hybridized carbons (Fsp3) is 0.0357. The Hall–Kier alpha value is -3.87. The maximum atomic E-state index is 9.68. The molecule has 0 radical (unpaired) electrons. The molecular formula is C28H20N2S. The van der Waals surface area contributed by atoms with E-state index in [2.05, 4.69) is 77.9 Å². The van der Waals surface area contributed by atoms with Crippen molar-refractivity contribution in [2.45, 2.75) is 6.92 Å². The van der Waals surface area contributed by atoms with Gasteiger partial charge >= 0.3 is 0 Å². The minimum absolute atomic E-state index is 0.681. The molecule has 0 saturated heterocycles. The SMILES string of the molecule is C=CC.N#Cc1ccccc1-n1c2ccccc2c2c3c(ccc21)sc1ccccc13. The van der Waals surface area contributed by atoms with Gasteiger partial charge < -0.3 is 4.57 Å². The van der Waals surface area contributed by atoms with Crippen molar-refractivity contribution in [2.75, 3.05) is 0 Å². The summed E-state index contributed by atoms with van der Waals surface area (Å²) in [5, 5.41) is 14.8. The molecule has 31 heavy (non-hydrogen) atoms. The molecule has 0 aliphatic heterocycles. The van der Waals surface area contributed by atoms with Gasteiger partial charge in [0.2, 0.25) is 0 Å².